The van der Waals surface area contributed by atoms with Crippen molar-refractivity contribution in [2.45, 2.75) is 56.4 Å². The van der Waals surface area contributed by atoms with E-state index in [9.17, 15) is 0 Å². The molecule has 1 nitrogen and oxygen atoms in total. The van der Waals surface area contributed by atoms with Gasteiger partial charge in [0.05, 0.1) is 11.5 Å². The van der Waals surface area contributed by atoms with Crippen molar-refractivity contribution in [3.8, 4) is 11.1 Å². The lowest BCUT2D eigenvalue weighted by molar-refractivity contribution is 0.737. The van der Waals surface area contributed by atoms with E-state index < -0.39 is 0 Å². The van der Waals surface area contributed by atoms with Crippen LogP contribution >= 0.6 is 0 Å². The Balaban J connectivity index is 1.11. The van der Waals surface area contributed by atoms with E-state index in [2.05, 4.69) is 199 Å². The third-order valence-corrected chi connectivity index (χ3v) is 12.8. The van der Waals surface area contributed by atoms with E-state index in [-0.39, 0.29) is 11.5 Å². The van der Waals surface area contributed by atoms with Gasteiger partial charge in [-0.2, -0.15) is 0 Å². The summed E-state index contributed by atoms with van der Waals surface area (Å²) >= 11 is 0. The van der Waals surface area contributed by atoms with Crippen molar-refractivity contribution < 1.29 is 0 Å². The summed E-state index contributed by atoms with van der Waals surface area (Å²) in [6, 6.07) is 42.8. The van der Waals surface area contributed by atoms with Crippen LogP contribution < -0.4 is 4.90 Å². The standard InChI is InChI=1S/C57H49N/c1-41(30-31-46-40-57(49-23-10-4-11-24-49,50-25-12-5-13-26-50)56-29-17-16-28-54(46)56)58(51-35-34-45-33-32-44-22-14-15-27-53(44)55(45)39-51)52-37-47(42-18-6-2-7-19-42)36-48(38-52)43-20-8-3-9-21-43/h2-4,6-8,10-12,14,16-20,22-26,28-38,40,51H,1,5,9,13,15,21,27,39H2/b31-30-. The second kappa shape index (κ2) is 15.5. The first-order valence-corrected chi connectivity index (χ1v) is 21.1. The van der Waals surface area contributed by atoms with Crippen molar-refractivity contribution in [3.63, 3.8) is 0 Å². The highest BCUT2D eigenvalue weighted by molar-refractivity contribution is 5.88. The summed E-state index contributed by atoms with van der Waals surface area (Å²) in [6.45, 7) is 4.91. The van der Waals surface area contributed by atoms with Crippen LogP contribution in [0.5, 0.6) is 0 Å². The first-order valence-electron chi connectivity index (χ1n) is 21.1. The SMILES string of the molecule is C=C(/C=C\C1=CC(C2=CCCC=C2)(c2ccccc2)c2ccccc21)N(c1cc(C2=CC=CCC2)cc(-c2ccccc2)c1)C1C=Cc2ccc3c(c2C1)CCC=C3. The summed E-state index contributed by atoms with van der Waals surface area (Å²) in [4.78, 5) is 2.52. The molecule has 0 saturated heterocycles. The van der Waals surface area contributed by atoms with Crippen LogP contribution in [0.25, 0.3) is 34.4 Å². The fourth-order valence-corrected chi connectivity index (χ4v) is 9.95. The number of benzene rings is 5. The highest BCUT2D eigenvalue weighted by atomic mass is 15.2. The first-order chi connectivity index (χ1) is 28.7. The van der Waals surface area contributed by atoms with E-state index in [0.717, 1.165) is 50.6 Å². The molecular formula is C57H49N. The Morgan fingerprint density at radius 3 is 2.24 bits per heavy atom. The summed E-state index contributed by atoms with van der Waals surface area (Å²) in [6.07, 6.45) is 37.8. The molecule has 0 radical (unpaired) electrons. The zero-order valence-electron chi connectivity index (χ0n) is 33.2. The van der Waals surface area contributed by atoms with Crippen LogP contribution in [0.2, 0.25) is 0 Å². The average Bonchev–Trinajstić information content (AvgIpc) is 3.64. The zero-order valence-corrected chi connectivity index (χ0v) is 33.2. The van der Waals surface area contributed by atoms with Gasteiger partial charge in [-0.3, -0.25) is 0 Å². The molecule has 58 heavy (non-hydrogen) atoms. The van der Waals surface area contributed by atoms with E-state index in [1.807, 2.05) is 0 Å². The van der Waals surface area contributed by atoms with Gasteiger partial charge in [-0.15, -0.1) is 0 Å². The van der Waals surface area contributed by atoms with Gasteiger partial charge < -0.3 is 4.90 Å². The summed E-state index contributed by atoms with van der Waals surface area (Å²) in [7, 11) is 0. The van der Waals surface area contributed by atoms with Crippen molar-refractivity contribution in [2.75, 3.05) is 4.90 Å². The number of anilines is 1. The van der Waals surface area contributed by atoms with Gasteiger partial charge in [0.25, 0.3) is 0 Å². The second-order valence-electron chi connectivity index (χ2n) is 16.2. The Kier molecular flexibility index (Phi) is 9.59. The Labute approximate surface area is 344 Å². The number of rotatable bonds is 9. The normalized spacial score (nSPS) is 20.2. The summed E-state index contributed by atoms with van der Waals surface area (Å²) in [5, 5.41) is 0. The van der Waals surface area contributed by atoms with Crippen molar-refractivity contribution in [2.24, 2.45) is 0 Å². The van der Waals surface area contributed by atoms with E-state index in [4.69, 9.17) is 6.58 Å². The predicted molar refractivity (Wildman–Crippen MR) is 247 cm³/mol. The van der Waals surface area contributed by atoms with Gasteiger partial charge in [0, 0.05) is 11.4 Å². The van der Waals surface area contributed by atoms with E-state index in [1.165, 1.54) is 78.0 Å². The van der Waals surface area contributed by atoms with Crippen molar-refractivity contribution in [3.05, 3.63) is 244 Å². The molecule has 0 aliphatic heterocycles. The molecule has 0 heterocycles. The van der Waals surface area contributed by atoms with E-state index >= 15 is 0 Å². The number of fused-ring (bicyclic) bond motifs is 4. The van der Waals surface area contributed by atoms with Gasteiger partial charge in [0.2, 0.25) is 0 Å². The predicted octanol–water partition coefficient (Wildman–Crippen LogP) is 14.2. The minimum atomic E-state index is -0.361. The van der Waals surface area contributed by atoms with Crippen molar-refractivity contribution >= 4 is 29.0 Å². The molecule has 0 bridgehead atoms. The van der Waals surface area contributed by atoms with Crippen LogP contribution in [0, 0.1) is 0 Å². The molecule has 1 heteroatoms. The molecule has 5 aromatic rings. The molecule has 0 saturated carbocycles. The molecule has 2 unspecified atom stereocenters. The topological polar surface area (TPSA) is 3.24 Å². The zero-order chi connectivity index (χ0) is 38.9. The molecule has 0 spiro atoms. The Hall–Kier alpha value is -6.44. The summed E-state index contributed by atoms with van der Waals surface area (Å²) < 4.78 is 0. The monoisotopic (exact) mass is 747 g/mol. The molecule has 0 fully saturated rings. The number of hydrogen-bond donors (Lipinski definition) is 0. The maximum absolute atomic E-state index is 4.91. The highest BCUT2D eigenvalue weighted by Gasteiger charge is 2.41. The van der Waals surface area contributed by atoms with Crippen LogP contribution in [-0.2, 0) is 18.3 Å². The minimum absolute atomic E-state index is 0.0898. The Bertz CT molecular complexity index is 2650. The maximum Gasteiger partial charge on any atom is 0.0643 e. The minimum Gasteiger partial charge on any atom is -0.335 e. The summed E-state index contributed by atoms with van der Waals surface area (Å²) in [5.41, 5.74) is 19.1. The van der Waals surface area contributed by atoms with Gasteiger partial charge in [-0.25, -0.2) is 0 Å². The molecule has 0 N–H and O–H groups in total. The molecule has 5 aromatic carbocycles. The average molecular weight is 748 g/mol. The summed E-state index contributed by atoms with van der Waals surface area (Å²) in [5.74, 6) is 0. The Morgan fingerprint density at radius 1 is 0.672 bits per heavy atom. The largest absolute Gasteiger partial charge is 0.335 e. The number of allylic oxidation sites excluding steroid dienone is 13. The molecule has 0 amide bonds. The van der Waals surface area contributed by atoms with Crippen LogP contribution in [0.15, 0.2) is 200 Å². The molecule has 5 aliphatic rings. The van der Waals surface area contributed by atoms with Gasteiger partial charge >= 0.3 is 0 Å². The molecule has 2 atom stereocenters. The Morgan fingerprint density at radius 2 is 1.43 bits per heavy atom. The van der Waals surface area contributed by atoms with E-state index in [1.54, 1.807) is 0 Å². The number of nitrogens with zero attached hydrogens (tertiary/aromatic N) is 1. The van der Waals surface area contributed by atoms with Gasteiger partial charge in [-0.05, 0) is 142 Å². The molecule has 282 valence electrons. The second-order valence-corrected chi connectivity index (χ2v) is 16.2. The van der Waals surface area contributed by atoms with Crippen LogP contribution in [-0.4, -0.2) is 6.04 Å². The lowest BCUT2D eigenvalue weighted by Crippen LogP contribution is -2.36. The fourth-order valence-electron chi connectivity index (χ4n) is 9.95. The fraction of sp³-hybridized carbons (Fsp3) is 0.158. The first kappa shape index (κ1) is 35.9. The molecule has 0 aromatic heterocycles. The third kappa shape index (κ3) is 6.55. The van der Waals surface area contributed by atoms with Crippen LogP contribution in [0.1, 0.15) is 76.6 Å². The lowest BCUT2D eigenvalue weighted by atomic mass is 9.69. The number of hydrogen-bond acceptors (Lipinski definition) is 1. The van der Waals surface area contributed by atoms with Gasteiger partial charge in [0.15, 0.2) is 0 Å². The van der Waals surface area contributed by atoms with E-state index in [0.29, 0.717) is 0 Å². The maximum atomic E-state index is 4.91. The van der Waals surface area contributed by atoms with Gasteiger partial charge in [0.1, 0.15) is 0 Å². The quantitative estimate of drug-likeness (QED) is 0.136. The van der Waals surface area contributed by atoms with Crippen molar-refractivity contribution in [1.82, 2.24) is 0 Å². The van der Waals surface area contributed by atoms with Crippen LogP contribution in [0.3, 0.4) is 0 Å². The molecule has 10 rings (SSSR count). The van der Waals surface area contributed by atoms with Crippen LogP contribution in [0.4, 0.5) is 5.69 Å². The highest BCUT2D eigenvalue weighted by Crippen LogP contribution is 2.51. The van der Waals surface area contributed by atoms with Crippen molar-refractivity contribution in [1.29, 1.82) is 0 Å². The van der Waals surface area contributed by atoms with Gasteiger partial charge in [-0.1, -0.05) is 177 Å². The molecule has 5 aliphatic carbocycles. The molecular weight excluding hydrogens is 699 g/mol. The smallest absolute Gasteiger partial charge is 0.0643 e. The third-order valence-electron chi connectivity index (χ3n) is 12.8. The lowest BCUT2D eigenvalue weighted by Gasteiger charge is -2.36.